The van der Waals surface area contributed by atoms with Crippen LogP contribution in [0.4, 0.5) is 0 Å². The Kier molecular flexibility index (Phi) is 4.65. The van der Waals surface area contributed by atoms with Crippen LogP contribution in [0.5, 0.6) is 0 Å². The topological polar surface area (TPSA) is 26.3 Å². The minimum Gasteiger partial charge on any atom is -0.462 e. The highest BCUT2D eigenvalue weighted by Crippen LogP contribution is 2.31. The third-order valence-electron chi connectivity index (χ3n) is 3.50. The molecule has 1 fully saturated rings. The number of hydrogen-bond donors (Lipinski definition) is 0. The maximum absolute atomic E-state index is 12.0. The fraction of sp³-hybridized carbons (Fsp3) is 0.533. The molecule has 1 saturated heterocycles. The SMILES string of the molecule is CCCCC1CCC(c2ccc(Cl)cc2)C(=O)O1. The van der Waals surface area contributed by atoms with Crippen molar-refractivity contribution < 1.29 is 9.53 Å². The number of ether oxygens (including phenoxy) is 1. The molecular formula is C15H19ClO2. The first-order valence-electron chi connectivity index (χ1n) is 6.66. The molecule has 2 rings (SSSR count). The Morgan fingerprint density at radius 2 is 2.00 bits per heavy atom. The number of cyclic esters (lactones) is 1. The third kappa shape index (κ3) is 3.26. The van der Waals surface area contributed by atoms with Gasteiger partial charge in [-0.3, -0.25) is 4.79 Å². The zero-order valence-corrected chi connectivity index (χ0v) is 11.5. The van der Waals surface area contributed by atoms with Crippen LogP contribution in [0.15, 0.2) is 24.3 Å². The molecule has 0 amide bonds. The Bertz CT molecular complexity index is 399. The van der Waals surface area contributed by atoms with Crippen molar-refractivity contribution in [3.05, 3.63) is 34.9 Å². The van der Waals surface area contributed by atoms with Crippen LogP contribution in [0.2, 0.25) is 5.02 Å². The third-order valence-corrected chi connectivity index (χ3v) is 3.75. The first-order valence-corrected chi connectivity index (χ1v) is 7.04. The number of carbonyl (C=O) groups excluding carboxylic acids is 1. The van der Waals surface area contributed by atoms with E-state index in [1.165, 1.54) is 0 Å². The molecule has 0 aromatic heterocycles. The van der Waals surface area contributed by atoms with Crippen LogP contribution >= 0.6 is 11.6 Å². The van der Waals surface area contributed by atoms with Crippen LogP contribution < -0.4 is 0 Å². The van der Waals surface area contributed by atoms with E-state index in [0.717, 1.165) is 37.7 Å². The maximum atomic E-state index is 12.0. The van der Waals surface area contributed by atoms with Crippen LogP contribution in [0, 0.1) is 0 Å². The van der Waals surface area contributed by atoms with Gasteiger partial charge in [-0.2, -0.15) is 0 Å². The number of esters is 1. The molecule has 0 radical (unpaired) electrons. The van der Waals surface area contributed by atoms with Crippen molar-refractivity contribution in [2.24, 2.45) is 0 Å². The second-order valence-electron chi connectivity index (χ2n) is 4.88. The number of rotatable bonds is 4. The van der Waals surface area contributed by atoms with Gasteiger partial charge in [0.2, 0.25) is 0 Å². The summed E-state index contributed by atoms with van der Waals surface area (Å²) < 4.78 is 5.51. The van der Waals surface area contributed by atoms with E-state index in [0.29, 0.717) is 5.02 Å². The van der Waals surface area contributed by atoms with E-state index in [1.807, 2.05) is 24.3 Å². The standard InChI is InChI=1S/C15H19ClO2/c1-2-3-4-13-9-10-14(15(17)18-13)11-5-7-12(16)8-6-11/h5-8,13-14H,2-4,9-10H2,1H3. The Morgan fingerprint density at radius 1 is 1.28 bits per heavy atom. The largest absolute Gasteiger partial charge is 0.462 e. The number of halogens is 1. The highest BCUT2D eigenvalue weighted by Gasteiger charge is 2.30. The summed E-state index contributed by atoms with van der Waals surface area (Å²) in [7, 11) is 0. The molecule has 2 nitrogen and oxygen atoms in total. The molecule has 0 bridgehead atoms. The Labute approximate surface area is 113 Å². The molecule has 98 valence electrons. The van der Waals surface area contributed by atoms with Crippen molar-refractivity contribution in [3.8, 4) is 0 Å². The summed E-state index contributed by atoms with van der Waals surface area (Å²) in [5.41, 5.74) is 1.01. The van der Waals surface area contributed by atoms with E-state index in [1.54, 1.807) is 0 Å². The van der Waals surface area contributed by atoms with Crippen molar-refractivity contribution in [1.29, 1.82) is 0 Å². The summed E-state index contributed by atoms with van der Waals surface area (Å²) in [6.07, 6.45) is 5.25. The van der Waals surface area contributed by atoms with Crippen molar-refractivity contribution in [2.45, 2.75) is 51.0 Å². The molecule has 1 aliphatic rings. The molecule has 18 heavy (non-hydrogen) atoms. The van der Waals surface area contributed by atoms with E-state index in [4.69, 9.17) is 16.3 Å². The Balaban J connectivity index is 1.97. The smallest absolute Gasteiger partial charge is 0.313 e. The zero-order chi connectivity index (χ0) is 13.0. The van der Waals surface area contributed by atoms with Gasteiger partial charge >= 0.3 is 5.97 Å². The molecule has 1 heterocycles. The predicted molar refractivity (Wildman–Crippen MR) is 72.8 cm³/mol. The Hall–Kier alpha value is -1.02. The predicted octanol–water partition coefficient (Wildman–Crippen LogP) is 4.32. The van der Waals surface area contributed by atoms with E-state index in [2.05, 4.69) is 6.92 Å². The van der Waals surface area contributed by atoms with Gasteiger partial charge in [-0.15, -0.1) is 0 Å². The maximum Gasteiger partial charge on any atom is 0.313 e. The minimum atomic E-state index is -0.111. The number of unbranched alkanes of at least 4 members (excludes halogenated alkanes) is 1. The Morgan fingerprint density at radius 3 is 2.61 bits per heavy atom. The molecule has 2 unspecified atom stereocenters. The van der Waals surface area contributed by atoms with E-state index < -0.39 is 0 Å². The highest BCUT2D eigenvalue weighted by atomic mass is 35.5. The lowest BCUT2D eigenvalue weighted by atomic mass is 9.89. The normalized spacial score (nSPS) is 23.8. The van der Waals surface area contributed by atoms with Gasteiger partial charge in [0, 0.05) is 5.02 Å². The molecular weight excluding hydrogens is 248 g/mol. The first-order chi connectivity index (χ1) is 8.70. The summed E-state index contributed by atoms with van der Waals surface area (Å²) in [6, 6.07) is 7.49. The van der Waals surface area contributed by atoms with Gasteiger partial charge < -0.3 is 4.74 Å². The lowest BCUT2D eigenvalue weighted by Gasteiger charge is -2.28. The number of hydrogen-bond acceptors (Lipinski definition) is 2. The fourth-order valence-corrected chi connectivity index (χ4v) is 2.53. The first kappa shape index (κ1) is 13.4. The average molecular weight is 267 g/mol. The van der Waals surface area contributed by atoms with Gasteiger partial charge in [0.1, 0.15) is 6.10 Å². The van der Waals surface area contributed by atoms with Crippen LogP contribution in [0.1, 0.15) is 50.5 Å². The summed E-state index contributed by atoms with van der Waals surface area (Å²) in [6.45, 7) is 2.15. The van der Waals surface area contributed by atoms with Crippen LogP contribution in [0.3, 0.4) is 0 Å². The molecule has 1 aliphatic heterocycles. The molecule has 1 aromatic carbocycles. The molecule has 2 atom stereocenters. The minimum absolute atomic E-state index is 0.0790. The van der Waals surface area contributed by atoms with Crippen LogP contribution in [0.25, 0.3) is 0 Å². The van der Waals surface area contributed by atoms with Gasteiger partial charge in [0.05, 0.1) is 5.92 Å². The van der Waals surface area contributed by atoms with Crippen molar-refractivity contribution in [1.82, 2.24) is 0 Å². The van der Waals surface area contributed by atoms with Crippen molar-refractivity contribution in [3.63, 3.8) is 0 Å². The average Bonchev–Trinajstić information content (AvgIpc) is 2.38. The van der Waals surface area contributed by atoms with Gasteiger partial charge in [0.15, 0.2) is 0 Å². The summed E-state index contributed by atoms with van der Waals surface area (Å²) in [4.78, 5) is 12.0. The number of benzene rings is 1. The molecule has 3 heteroatoms. The lowest BCUT2D eigenvalue weighted by molar-refractivity contribution is -0.156. The number of carbonyl (C=O) groups is 1. The zero-order valence-electron chi connectivity index (χ0n) is 10.7. The molecule has 0 spiro atoms. The van der Waals surface area contributed by atoms with E-state index >= 15 is 0 Å². The van der Waals surface area contributed by atoms with Gasteiger partial charge in [-0.05, 0) is 37.0 Å². The van der Waals surface area contributed by atoms with Gasteiger partial charge in [-0.1, -0.05) is 43.5 Å². The van der Waals surface area contributed by atoms with Crippen LogP contribution in [-0.4, -0.2) is 12.1 Å². The van der Waals surface area contributed by atoms with E-state index in [9.17, 15) is 4.79 Å². The molecule has 1 aromatic rings. The lowest BCUT2D eigenvalue weighted by Crippen LogP contribution is -2.29. The fourth-order valence-electron chi connectivity index (χ4n) is 2.41. The molecule has 0 N–H and O–H groups in total. The van der Waals surface area contributed by atoms with Gasteiger partial charge in [-0.25, -0.2) is 0 Å². The molecule has 0 aliphatic carbocycles. The van der Waals surface area contributed by atoms with Crippen molar-refractivity contribution >= 4 is 17.6 Å². The van der Waals surface area contributed by atoms with Gasteiger partial charge in [0.25, 0.3) is 0 Å². The van der Waals surface area contributed by atoms with Crippen LogP contribution in [-0.2, 0) is 9.53 Å². The summed E-state index contributed by atoms with van der Waals surface area (Å²) in [5.74, 6) is -0.190. The second kappa shape index (κ2) is 6.24. The van der Waals surface area contributed by atoms with Crippen molar-refractivity contribution in [2.75, 3.05) is 0 Å². The summed E-state index contributed by atoms with van der Waals surface area (Å²) in [5, 5.41) is 0.698. The molecule has 0 saturated carbocycles. The quantitative estimate of drug-likeness (QED) is 0.759. The second-order valence-corrected chi connectivity index (χ2v) is 5.32. The van der Waals surface area contributed by atoms with E-state index in [-0.39, 0.29) is 18.0 Å². The highest BCUT2D eigenvalue weighted by molar-refractivity contribution is 6.30. The summed E-state index contributed by atoms with van der Waals surface area (Å²) >= 11 is 5.85. The monoisotopic (exact) mass is 266 g/mol.